The van der Waals surface area contributed by atoms with Gasteiger partial charge in [0.05, 0.1) is 28.5 Å². The third kappa shape index (κ3) is 3.57. The van der Waals surface area contributed by atoms with Crippen molar-refractivity contribution in [2.45, 2.75) is 25.7 Å². The average Bonchev–Trinajstić information content (AvgIpc) is 3.44. The number of nitrogens with one attached hydrogen (secondary N) is 1. The number of pyridine rings is 1. The minimum Gasteiger partial charge on any atom is -0.356 e. The number of para-hydroxylation sites is 1. The van der Waals surface area contributed by atoms with Crippen molar-refractivity contribution in [1.82, 2.24) is 19.9 Å². The monoisotopic (exact) mass is 435 g/mol. The van der Waals surface area contributed by atoms with E-state index >= 15 is 0 Å². The molecule has 0 radical (unpaired) electrons. The van der Waals surface area contributed by atoms with E-state index in [1.165, 1.54) is 0 Å². The molecule has 1 N–H and O–H groups in total. The van der Waals surface area contributed by atoms with Crippen molar-refractivity contribution in [3.63, 3.8) is 0 Å². The number of rotatable bonds is 5. The molecule has 0 spiro atoms. The Bertz CT molecular complexity index is 1470. The van der Waals surface area contributed by atoms with Gasteiger partial charge in [0.2, 0.25) is 0 Å². The second-order valence-corrected chi connectivity index (χ2v) is 8.31. The summed E-state index contributed by atoms with van der Waals surface area (Å²) < 4.78 is 7.08. The number of carbonyl (C=O) groups excluding carboxylic acids is 1. The van der Waals surface area contributed by atoms with E-state index in [2.05, 4.69) is 10.5 Å². The highest BCUT2D eigenvalue weighted by molar-refractivity contribution is 6.13. The molecule has 1 saturated carbocycles. The first kappa shape index (κ1) is 19.4. The van der Waals surface area contributed by atoms with Crippen LogP contribution in [0.4, 0.5) is 5.69 Å². The molecule has 3 heterocycles. The summed E-state index contributed by atoms with van der Waals surface area (Å²) in [6.07, 6.45) is 3.79. The number of carbonyl (C=O) groups is 1. The molecule has 1 aliphatic rings. The van der Waals surface area contributed by atoms with Crippen LogP contribution in [0.3, 0.4) is 0 Å². The van der Waals surface area contributed by atoms with Crippen LogP contribution in [0.2, 0.25) is 0 Å². The van der Waals surface area contributed by atoms with Crippen molar-refractivity contribution >= 4 is 22.6 Å². The number of aromatic nitrogens is 4. The van der Waals surface area contributed by atoms with Gasteiger partial charge in [-0.15, -0.1) is 0 Å². The molecule has 33 heavy (non-hydrogen) atoms. The summed E-state index contributed by atoms with van der Waals surface area (Å²) in [7, 11) is 0. The van der Waals surface area contributed by atoms with Crippen LogP contribution in [0.1, 0.15) is 40.5 Å². The quantitative estimate of drug-likeness (QED) is 0.393. The molecule has 1 aliphatic carbocycles. The lowest BCUT2D eigenvalue weighted by Crippen LogP contribution is -2.14. The number of hydrogen-bond donors (Lipinski definition) is 1. The molecule has 5 aromatic rings. The molecule has 6 rings (SSSR count). The van der Waals surface area contributed by atoms with E-state index < -0.39 is 0 Å². The van der Waals surface area contributed by atoms with E-state index in [1.807, 2.05) is 72.3 Å². The van der Waals surface area contributed by atoms with Crippen LogP contribution in [0, 0.1) is 6.92 Å². The average molecular weight is 435 g/mol. The predicted molar refractivity (Wildman–Crippen MR) is 125 cm³/mol. The maximum Gasteiger partial charge on any atom is 0.256 e. The fourth-order valence-electron chi connectivity index (χ4n) is 4.14. The van der Waals surface area contributed by atoms with Gasteiger partial charge in [-0.3, -0.25) is 4.79 Å². The number of nitrogens with zero attached hydrogens (tertiary/aromatic N) is 4. The van der Waals surface area contributed by atoms with Gasteiger partial charge in [-0.1, -0.05) is 35.5 Å². The van der Waals surface area contributed by atoms with Gasteiger partial charge >= 0.3 is 0 Å². The van der Waals surface area contributed by atoms with Gasteiger partial charge < -0.3 is 9.84 Å². The minimum atomic E-state index is -0.185. The smallest absolute Gasteiger partial charge is 0.256 e. The first-order chi connectivity index (χ1) is 16.2. The van der Waals surface area contributed by atoms with Gasteiger partial charge in [-0.2, -0.15) is 5.10 Å². The Labute approximate surface area is 190 Å². The van der Waals surface area contributed by atoms with Gasteiger partial charge in [0.15, 0.2) is 11.4 Å². The molecule has 162 valence electrons. The third-order valence-corrected chi connectivity index (χ3v) is 5.92. The van der Waals surface area contributed by atoms with Crippen LogP contribution in [0.15, 0.2) is 77.4 Å². The summed E-state index contributed by atoms with van der Waals surface area (Å²) in [5, 5.41) is 12.3. The number of anilines is 1. The van der Waals surface area contributed by atoms with Gasteiger partial charge in [-0.05, 0) is 50.1 Å². The van der Waals surface area contributed by atoms with E-state index in [4.69, 9.17) is 14.6 Å². The molecule has 0 atom stereocenters. The number of aryl methyl sites for hydroxylation is 1. The van der Waals surface area contributed by atoms with Crippen LogP contribution < -0.4 is 5.32 Å². The minimum absolute atomic E-state index is 0.185. The van der Waals surface area contributed by atoms with Gasteiger partial charge in [0.1, 0.15) is 0 Å². The molecule has 1 fully saturated rings. The van der Waals surface area contributed by atoms with Crippen LogP contribution >= 0.6 is 0 Å². The molecular weight excluding hydrogens is 414 g/mol. The Balaban J connectivity index is 1.43. The second kappa shape index (κ2) is 7.70. The van der Waals surface area contributed by atoms with Crippen molar-refractivity contribution in [3.05, 3.63) is 89.9 Å². The van der Waals surface area contributed by atoms with E-state index in [0.717, 1.165) is 40.9 Å². The zero-order valence-corrected chi connectivity index (χ0v) is 18.0. The summed E-state index contributed by atoms with van der Waals surface area (Å²) in [5.74, 6) is 0.860. The SMILES string of the molecule is Cc1nn(-c2ccccc2)c2nc(C3CC3)cc(C(=O)Nc3cccc(-c4ccno4)c3)c12. The van der Waals surface area contributed by atoms with E-state index in [-0.39, 0.29) is 5.91 Å². The number of fused-ring (bicyclic) bond motifs is 1. The number of hydrogen-bond acceptors (Lipinski definition) is 5. The van der Waals surface area contributed by atoms with Crippen LogP contribution in [-0.4, -0.2) is 25.8 Å². The predicted octanol–water partition coefficient (Wildman–Crippen LogP) is 5.51. The number of benzene rings is 2. The summed E-state index contributed by atoms with van der Waals surface area (Å²) in [4.78, 5) is 18.4. The molecule has 0 aliphatic heterocycles. The fourth-order valence-corrected chi connectivity index (χ4v) is 4.14. The first-order valence-electron chi connectivity index (χ1n) is 11.0. The standard InChI is InChI=1S/C26H21N5O2/c1-16-24-21(26(32)28-19-7-5-6-18(14-19)23-12-13-27-33-23)15-22(17-10-11-17)29-25(24)31(30-16)20-8-3-2-4-9-20/h2-9,12-15,17H,10-11H2,1H3,(H,28,32). The molecule has 3 aromatic heterocycles. The van der Waals surface area contributed by atoms with Crippen molar-refractivity contribution in [1.29, 1.82) is 0 Å². The van der Waals surface area contributed by atoms with E-state index in [0.29, 0.717) is 28.6 Å². The Morgan fingerprint density at radius 1 is 1.06 bits per heavy atom. The van der Waals surface area contributed by atoms with Gasteiger partial charge in [0, 0.05) is 28.9 Å². The summed E-state index contributed by atoms with van der Waals surface area (Å²) in [6, 6.07) is 21.1. The molecular formula is C26H21N5O2. The molecule has 2 aromatic carbocycles. The van der Waals surface area contributed by atoms with Crippen molar-refractivity contribution in [3.8, 4) is 17.0 Å². The normalized spacial score (nSPS) is 13.4. The largest absolute Gasteiger partial charge is 0.356 e. The van der Waals surface area contributed by atoms with E-state index in [9.17, 15) is 4.79 Å². The lowest BCUT2D eigenvalue weighted by atomic mass is 10.1. The maximum absolute atomic E-state index is 13.5. The van der Waals surface area contributed by atoms with Crippen molar-refractivity contribution < 1.29 is 9.32 Å². The molecule has 0 unspecified atom stereocenters. The topological polar surface area (TPSA) is 85.8 Å². The van der Waals surface area contributed by atoms with Gasteiger partial charge in [0.25, 0.3) is 5.91 Å². The van der Waals surface area contributed by atoms with Crippen LogP contribution in [-0.2, 0) is 0 Å². The Hall–Kier alpha value is -4.26. The number of amides is 1. The highest BCUT2D eigenvalue weighted by Crippen LogP contribution is 2.41. The molecule has 1 amide bonds. The lowest BCUT2D eigenvalue weighted by molar-refractivity contribution is 0.102. The molecule has 7 nitrogen and oxygen atoms in total. The second-order valence-electron chi connectivity index (χ2n) is 8.31. The van der Waals surface area contributed by atoms with Crippen LogP contribution in [0.5, 0.6) is 0 Å². The van der Waals surface area contributed by atoms with Crippen LogP contribution in [0.25, 0.3) is 28.0 Å². The molecule has 0 bridgehead atoms. The highest BCUT2D eigenvalue weighted by Gasteiger charge is 2.29. The first-order valence-corrected chi connectivity index (χ1v) is 11.0. The molecule has 0 saturated heterocycles. The van der Waals surface area contributed by atoms with Crippen molar-refractivity contribution in [2.24, 2.45) is 0 Å². The third-order valence-electron chi connectivity index (χ3n) is 5.92. The fraction of sp³-hybridized carbons (Fsp3) is 0.154. The zero-order valence-electron chi connectivity index (χ0n) is 18.0. The Morgan fingerprint density at radius 3 is 2.67 bits per heavy atom. The Morgan fingerprint density at radius 2 is 1.91 bits per heavy atom. The summed E-state index contributed by atoms with van der Waals surface area (Å²) in [5.41, 5.74) is 5.46. The maximum atomic E-state index is 13.5. The highest BCUT2D eigenvalue weighted by atomic mass is 16.5. The van der Waals surface area contributed by atoms with E-state index in [1.54, 1.807) is 12.3 Å². The van der Waals surface area contributed by atoms with Crippen molar-refractivity contribution in [2.75, 3.05) is 5.32 Å². The van der Waals surface area contributed by atoms with Gasteiger partial charge in [-0.25, -0.2) is 9.67 Å². The summed E-state index contributed by atoms with van der Waals surface area (Å²) in [6.45, 7) is 1.92. The molecule has 7 heteroatoms. The Kier molecular flexibility index (Phi) is 4.54. The zero-order chi connectivity index (χ0) is 22.4. The summed E-state index contributed by atoms with van der Waals surface area (Å²) >= 11 is 0. The lowest BCUT2D eigenvalue weighted by Gasteiger charge is -2.10.